The van der Waals surface area contributed by atoms with Crippen molar-refractivity contribution < 1.29 is 14.3 Å². The van der Waals surface area contributed by atoms with Crippen LogP contribution in [0.1, 0.15) is 35.4 Å². The van der Waals surface area contributed by atoms with Gasteiger partial charge >= 0.3 is 6.09 Å². The molecule has 1 heterocycles. The van der Waals surface area contributed by atoms with Gasteiger partial charge in [-0.2, -0.15) is 0 Å². The average molecular weight is 412 g/mol. The molecule has 4 heteroatoms. The van der Waals surface area contributed by atoms with Crippen molar-refractivity contribution >= 4 is 12.4 Å². The third kappa shape index (κ3) is 3.42. The lowest BCUT2D eigenvalue weighted by molar-refractivity contribution is -0.114. The zero-order valence-corrected chi connectivity index (χ0v) is 17.4. The monoisotopic (exact) mass is 411 g/mol. The fourth-order valence-electron chi connectivity index (χ4n) is 5.02. The van der Waals surface area contributed by atoms with Gasteiger partial charge in [0.2, 0.25) is 0 Å². The molecule has 1 aliphatic carbocycles. The number of aldehydes is 1. The second kappa shape index (κ2) is 8.03. The summed E-state index contributed by atoms with van der Waals surface area (Å²) in [7, 11) is 0. The van der Waals surface area contributed by atoms with Gasteiger partial charge in [0.05, 0.1) is 5.41 Å². The highest BCUT2D eigenvalue weighted by molar-refractivity contribution is 5.79. The van der Waals surface area contributed by atoms with E-state index in [0.717, 1.165) is 11.8 Å². The SMILES string of the molecule is O=CC1(c2ccccc2)CCN(C(=O)OCC2c3ccccc3-c3ccccc32)CC1. The average Bonchev–Trinajstić information content (AvgIpc) is 3.17. The summed E-state index contributed by atoms with van der Waals surface area (Å²) in [5, 5.41) is 0. The molecule has 0 bridgehead atoms. The zero-order valence-electron chi connectivity index (χ0n) is 17.4. The normalized spacial score (nSPS) is 17.0. The van der Waals surface area contributed by atoms with Gasteiger partial charge < -0.3 is 14.4 Å². The summed E-state index contributed by atoms with van der Waals surface area (Å²) in [6.45, 7) is 1.36. The fourth-order valence-corrected chi connectivity index (χ4v) is 5.02. The predicted octanol–water partition coefficient (Wildman–Crippen LogP) is 5.17. The van der Waals surface area contributed by atoms with E-state index in [4.69, 9.17) is 4.74 Å². The lowest BCUT2D eigenvalue weighted by atomic mass is 9.74. The second-order valence-corrected chi connectivity index (χ2v) is 8.43. The number of carbonyl (C=O) groups is 2. The number of hydrogen-bond donors (Lipinski definition) is 0. The van der Waals surface area contributed by atoms with E-state index in [0.29, 0.717) is 32.5 Å². The van der Waals surface area contributed by atoms with E-state index in [9.17, 15) is 9.59 Å². The highest BCUT2D eigenvalue weighted by atomic mass is 16.6. The summed E-state index contributed by atoms with van der Waals surface area (Å²) < 4.78 is 5.79. The van der Waals surface area contributed by atoms with E-state index >= 15 is 0 Å². The first-order chi connectivity index (χ1) is 15.2. The van der Waals surface area contributed by atoms with Crippen molar-refractivity contribution in [1.29, 1.82) is 0 Å². The Hall–Kier alpha value is -3.40. The van der Waals surface area contributed by atoms with Crippen molar-refractivity contribution in [3.63, 3.8) is 0 Å². The molecule has 1 saturated heterocycles. The van der Waals surface area contributed by atoms with E-state index < -0.39 is 5.41 Å². The Bertz CT molecular complexity index is 1050. The molecule has 3 aromatic carbocycles. The van der Waals surface area contributed by atoms with Crippen LogP contribution in [-0.2, 0) is 14.9 Å². The Balaban J connectivity index is 1.26. The quantitative estimate of drug-likeness (QED) is 0.557. The molecule has 0 saturated carbocycles. The van der Waals surface area contributed by atoms with E-state index in [1.54, 1.807) is 4.90 Å². The minimum atomic E-state index is -0.513. The molecule has 1 fully saturated rings. The molecule has 0 spiro atoms. The van der Waals surface area contributed by atoms with Crippen LogP contribution in [-0.4, -0.2) is 37.0 Å². The summed E-state index contributed by atoms with van der Waals surface area (Å²) >= 11 is 0. The molecule has 5 rings (SSSR count). The molecule has 0 atom stereocenters. The Morgan fingerprint density at radius 1 is 0.871 bits per heavy atom. The zero-order chi connectivity index (χ0) is 21.3. The fraction of sp³-hybridized carbons (Fsp3) is 0.259. The Morgan fingerprint density at radius 2 is 1.42 bits per heavy atom. The predicted molar refractivity (Wildman–Crippen MR) is 120 cm³/mol. The van der Waals surface area contributed by atoms with E-state index in [-0.39, 0.29) is 12.0 Å². The number of ether oxygens (including phenoxy) is 1. The maximum atomic E-state index is 12.8. The summed E-state index contributed by atoms with van der Waals surface area (Å²) in [6, 6.07) is 26.5. The molecule has 0 unspecified atom stereocenters. The molecule has 3 aromatic rings. The van der Waals surface area contributed by atoms with E-state index in [1.165, 1.54) is 22.3 Å². The van der Waals surface area contributed by atoms with Crippen molar-refractivity contribution in [2.24, 2.45) is 0 Å². The number of carbonyl (C=O) groups excluding carboxylic acids is 2. The van der Waals surface area contributed by atoms with Crippen molar-refractivity contribution in [3.05, 3.63) is 95.6 Å². The third-order valence-corrected chi connectivity index (χ3v) is 6.82. The maximum absolute atomic E-state index is 12.8. The maximum Gasteiger partial charge on any atom is 0.409 e. The molecule has 0 N–H and O–H groups in total. The number of amides is 1. The number of nitrogens with zero attached hydrogens (tertiary/aromatic N) is 1. The van der Waals surface area contributed by atoms with Crippen LogP contribution in [0.3, 0.4) is 0 Å². The Labute approximate surface area is 182 Å². The molecule has 1 aliphatic heterocycles. The van der Waals surface area contributed by atoms with Gasteiger partial charge in [0.15, 0.2) is 0 Å². The number of rotatable bonds is 4. The van der Waals surface area contributed by atoms with Crippen LogP contribution in [0.2, 0.25) is 0 Å². The van der Waals surface area contributed by atoms with Gasteiger partial charge in [-0.25, -0.2) is 4.79 Å². The third-order valence-electron chi connectivity index (χ3n) is 6.82. The number of piperidine rings is 1. The first kappa shape index (κ1) is 19.6. The molecule has 31 heavy (non-hydrogen) atoms. The number of hydrogen-bond acceptors (Lipinski definition) is 3. The van der Waals surface area contributed by atoms with Crippen LogP contribution < -0.4 is 0 Å². The van der Waals surface area contributed by atoms with Gasteiger partial charge in [0, 0.05) is 19.0 Å². The molecule has 2 aliphatic rings. The van der Waals surface area contributed by atoms with Gasteiger partial charge in [-0.15, -0.1) is 0 Å². The van der Waals surface area contributed by atoms with E-state index in [2.05, 4.69) is 24.3 Å². The first-order valence-corrected chi connectivity index (χ1v) is 10.8. The van der Waals surface area contributed by atoms with Crippen LogP contribution in [0.15, 0.2) is 78.9 Å². The van der Waals surface area contributed by atoms with Crippen LogP contribution in [0, 0.1) is 0 Å². The lowest BCUT2D eigenvalue weighted by Crippen LogP contribution is -2.46. The number of fused-ring (bicyclic) bond motifs is 3. The van der Waals surface area contributed by atoms with Crippen molar-refractivity contribution in [1.82, 2.24) is 4.90 Å². The van der Waals surface area contributed by atoms with Crippen LogP contribution in [0.25, 0.3) is 11.1 Å². The minimum Gasteiger partial charge on any atom is -0.448 e. The topological polar surface area (TPSA) is 46.6 Å². The van der Waals surface area contributed by atoms with Gasteiger partial charge in [-0.3, -0.25) is 0 Å². The molecular formula is C27H25NO3. The Kier molecular flexibility index (Phi) is 5.06. The molecule has 156 valence electrons. The van der Waals surface area contributed by atoms with Gasteiger partial charge in [0.25, 0.3) is 0 Å². The van der Waals surface area contributed by atoms with Gasteiger partial charge in [0.1, 0.15) is 12.9 Å². The number of likely N-dealkylation sites (tertiary alicyclic amines) is 1. The lowest BCUT2D eigenvalue weighted by Gasteiger charge is -2.38. The summed E-state index contributed by atoms with van der Waals surface area (Å²) in [5.74, 6) is 0.0551. The van der Waals surface area contributed by atoms with Crippen LogP contribution >= 0.6 is 0 Å². The highest BCUT2D eigenvalue weighted by Gasteiger charge is 2.38. The molecule has 0 aromatic heterocycles. The Morgan fingerprint density at radius 3 is 2.00 bits per heavy atom. The number of benzene rings is 3. The molecule has 1 amide bonds. The second-order valence-electron chi connectivity index (χ2n) is 8.43. The largest absolute Gasteiger partial charge is 0.448 e. The molecular weight excluding hydrogens is 386 g/mol. The van der Waals surface area contributed by atoms with Gasteiger partial charge in [-0.05, 0) is 40.7 Å². The summed E-state index contributed by atoms with van der Waals surface area (Å²) in [5.41, 5.74) is 5.36. The summed E-state index contributed by atoms with van der Waals surface area (Å²) in [6.07, 6.45) is 1.99. The van der Waals surface area contributed by atoms with Gasteiger partial charge in [-0.1, -0.05) is 78.9 Å². The highest BCUT2D eigenvalue weighted by Crippen LogP contribution is 2.44. The van der Waals surface area contributed by atoms with Crippen molar-refractivity contribution in [2.75, 3.05) is 19.7 Å². The van der Waals surface area contributed by atoms with Crippen molar-refractivity contribution in [3.8, 4) is 11.1 Å². The minimum absolute atomic E-state index is 0.0551. The van der Waals surface area contributed by atoms with Crippen LogP contribution in [0.5, 0.6) is 0 Å². The smallest absolute Gasteiger partial charge is 0.409 e. The molecule has 0 radical (unpaired) electrons. The molecule has 4 nitrogen and oxygen atoms in total. The van der Waals surface area contributed by atoms with Crippen molar-refractivity contribution in [2.45, 2.75) is 24.2 Å². The summed E-state index contributed by atoms with van der Waals surface area (Å²) in [4.78, 5) is 26.5. The van der Waals surface area contributed by atoms with Crippen LogP contribution in [0.4, 0.5) is 4.79 Å². The van der Waals surface area contributed by atoms with E-state index in [1.807, 2.05) is 54.6 Å². The first-order valence-electron chi connectivity index (χ1n) is 10.8. The standard InChI is InChI=1S/C27H25NO3/c29-19-27(20-8-2-1-3-9-20)14-16-28(17-15-27)26(30)31-18-25-23-12-6-4-10-21(23)22-11-5-7-13-24(22)25/h1-13,19,25H,14-18H2.